The molecule has 14 heavy (non-hydrogen) atoms. The van der Waals surface area contributed by atoms with Crippen LogP contribution in [0, 0.1) is 0 Å². The molecule has 1 fully saturated rings. The molecule has 0 aliphatic carbocycles. The van der Waals surface area contributed by atoms with E-state index in [-0.39, 0.29) is 6.10 Å². The third-order valence-electron chi connectivity index (χ3n) is 2.90. The first-order valence-corrected chi connectivity index (χ1v) is 5.10. The molecule has 1 aromatic rings. The molecule has 1 atom stereocenters. The van der Waals surface area contributed by atoms with Crippen molar-refractivity contribution in [2.24, 2.45) is 0 Å². The van der Waals surface area contributed by atoms with Crippen molar-refractivity contribution >= 4 is 0 Å². The smallest absolute Gasteiger partial charge is 0.116 e. The van der Waals surface area contributed by atoms with Crippen molar-refractivity contribution in [1.82, 2.24) is 15.3 Å². The highest BCUT2D eigenvalue weighted by molar-refractivity contribution is 5.29. The van der Waals surface area contributed by atoms with E-state index in [0.717, 1.165) is 43.9 Å². The maximum Gasteiger partial charge on any atom is 0.116 e. The molecule has 3 heterocycles. The van der Waals surface area contributed by atoms with Gasteiger partial charge in [0.15, 0.2) is 0 Å². The van der Waals surface area contributed by atoms with E-state index in [1.54, 1.807) is 6.33 Å². The lowest BCUT2D eigenvalue weighted by Crippen LogP contribution is -2.06. The average molecular weight is 191 g/mol. The van der Waals surface area contributed by atoms with E-state index in [4.69, 9.17) is 4.74 Å². The van der Waals surface area contributed by atoms with Gasteiger partial charge in [0, 0.05) is 25.3 Å². The number of nitrogens with one attached hydrogen (secondary N) is 1. The molecule has 0 spiro atoms. The van der Waals surface area contributed by atoms with Crippen molar-refractivity contribution in [3.05, 3.63) is 23.3 Å². The summed E-state index contributed by atoms with van der Waals surface area (Å²) in [5.41, 5.74) is 3.52. The van der Waals surface area contributed by atoms with Crippen LogP contribution < -0.4 is 5.32 Å². The summed E-state index contributed by atoms with van der Waals surface area (Å²) in [7, 11) is 0. The van der Waals surface area contributed by atoms with Gasteiger partial charge in [-0.3, -0.25) is 0 Å². The summed E-state index contributed by atoms with van der Waals surface area (Å²) in [6.07, 6.45) is 4.12. The van der Waals surface area contributed by atoms with Gasteiger partial charge in [-0.25, -0.2) is 9.97 Å². The van der Waals surface area contributed by atoms with Crippen molar-refractivity contribution in [2.75, 3.05) is 6.61 Å². The minimum atomic E-state index is 0.214. The van der Waals surface area contributed by atoms with Crippen LogP contribution >= 0.6 is 0 Å². The van der Waals surface area contributed by atoms with E-state index in [0.29, 0.717) is 0 Å². The number of ether oxygens (including phenoxy) is 1. The topological polar surface area (TPSA) is 47.0 Å². The molecule has 0 saturated carbocycles. The van der Waals surface area contributed by atoms with Gasteiger partial charge >= 0.3 is 0 Å². The Morgan fingerprint density at radius 1 is 1.36 bits per heavy atom. The lowest BCUT2D eigenvalue weighted by molar-refractivity contribution is 0.108. The standard InChI is InChI=1S/C10H13N3O/c1-2-9(14-3-1)10-7-4-11-5-8(7)12-6-13-10/h6,9,11H,1-5H2. The normalized spacial score (nSPS) is 25.3. The summed E-state index contributed by atoms with van der Waals surface area (Å²) < 4.78 is 5.65. The Balaban J connectivity index is 2.00. The molecule has 4 heteroatoms. The average Bonchev–Trinajstić information content (AvgIpc) is 2.88. The van der Waals surface area contributed by atoms with Gasteiger partial charge in [0.2, 0.25) is 0 Å². The maximum absolute atomic E-state index is 5.65. The second-order valence-corrected chi connectivity index (χ2v) is 3.79. The lowest BCUT2D eigenvalue weighted by Gasteiger charge is -2.11. The van der Waals surface area contributed by atoms with Crippen LogP contribution in [0.2, 0.25) is 0 Å². The SMILES string of the molecule is c1nc2c(c(C3CCCO3)n1)CNC2. The van der Waals surface area contributed by atoms with E-state index in [2.05, 4.69) is 15.3 Å². The predicted octanol–water partition coefficient (Wildman–Crippen LogP) is 0.931. The number of nitrogens with zero attached hydrogens (tertiary/aromatic N) is 2. The number of fused-ring (bicyclic) bond motifs is 1. The van der Waals surface area contributed by atoms with Crippen LogP contribution in [0.25, 0.3) is 0 Å². The second kappa shape index (κ2) is 3.29. The number of aromatic nitrogens is 2. The van der Waals surface area contributed by atoms with Crippen molar-refractivity contribution in [3.63, 3.8) is 0 Å². The van der Waals surface area contributed by atoms with Crippen molar-refractivity contribution < 1.29 is 4.74 Å². The summed E-state index contributed by atoms with van der Waals surface area (Å²) in [6, 6.07) is 0. The minimum Gasteiger partial charge on any atom is -0.372 e. The molecular formula is C10H13N3O. The molecule has 74 valence electrons. The van der Waals surface area contributed by atoms with Gasteiger partial charge in [-0.1, -0.05) is 0 Å². The Hall–Kier alpha value is -1.00. The van der Waals surface area contributed by atoms with Crippen molar-refractivity contribution in [1.29, 1.82) is 0 Å². The fourth-order valence-corrected chi connectivity index (χ4v) is 2.19. The molecule has 1 unspecified atom stereocenters. The molecule has 1 aromatic heterocycles. The third-order valence-corrected chi connectivity index (χ3v) is 2.90. The fourth-order valence-electron chi connectivity index (χ4n) is 2.19. The van der Waals surface area contributed by atoms with Crippen LogP contribution in [0.15, 0.2) is 6.33 Å². The zero-order valence-corrected chi connectivity index (χ0v) is 7.99. The molecule has 0 bridgehead atoms. The zero-order chi connectivity index (χ0) is 9.38. The summed E-state index contributed by atoms with van der Waals surface area (Å²) in [5.74, 6) is 0. The van der Waals surface area contributed by atoms with Gasteiger partial charge in [0.25, 0.3) is 0 Å². The largest absolute Gasteiger partial charge is 0.372 e. The summed E-state index contributed by atoms with van der Waals surface area (Å²) in [5, 5.41) is 3.29. The highest BCUT2D eigenvalue weighted by Crippen LogP contribution is 2.31. The molecule has 4 nitrogen and oxygen atoms in total. The molecule has 3 rings (SSSR count). The van der Waals surface area contributed by atoms with Gasteiger partial charge in [-0.15, -0.1) is 0 Å². The van der Waals surface area contributed by atoms with Crippen LogP contribution in [0.4, 0.5) is 0 Å². The number of hydrogen-bond donors (Lipinski definition) is 1. The van der Waals surface area contributed by atoms with Gasteiger partial charge in [-0.05, 0) is 12.8 Å². The van der Waals surface area contributed by atoms with Gasteiger partial charge < -0.3 is 10.1 Å². The van der Waals surface area contributed by atoms with Gasteiger partial charge in [-0.2, -0.15) is 0 Å². The molecule has 0 radical (unpaired) electrons. The van der Waals surface area contributed by atoms with Gasteiger partial charge in [0.05, 0.1) is 17.5 Å². The van der Waals surface area contributed by atoms with E-state index >= 15 is 0 Å². The Kier molecular flexibility index (Phi) is 1.96. The fraction of sp³-hybridized carbons (Fsp3) is 0.600. The van der Waals surface area contributed by atoms with E-state index < -0.39 is 0 Å². The van der Waals surface area contributed by atoms with Crippen LogP contribution in [0.5, 0.6) is 0 Å². The van der Waals surface area contributed by atoms with E-state index in [9.17, 15) is 0 Å². The van der Waals surface area contributed by atoms with E-state index in [1.807, 2.05) is 0 Å². The molecular weight excluding hydrogens is 178 g/mol. The number of rotatable bonds is 1. The monoisotopic (exact) mass is 191 g/mol. The Labute approximate surface area is 82.7 Å². The zero-order valence-electron chi connectivity index (χ0n) is 7.99. The maximum atomic E-state index is 5.65. The summed E-state index contributed by atoms with van der Waals surface area (Å²) in [4.78, 5) is 8.62. The summed E-state index contributed by atoms with van der Waals surface area (Å²) >= 11 is 0. The molecule has 2 aliphatic heterocycles. The van der Waals surface area contributed by atoms with Crippen LogP contribution in [0.1, 0.15) is 35.9 Å². The van der Waals surface area contributed by atoms with Crippen molar-refractivity contribution in [3.8, 4) is 0 Å². The second-order valence-electron chi connectivity index (χ2n) is 3.79. The lowest BCUT2D eigenvalue weighted by atomic mass is 10.1. The quantitative estimate of drug-likeness (QED) is 0.717. The van der Waals surface area contributed by atoms with Crippen molar-refractivity contribution in [2.45, 2.75) is 32.0 Å². The first-order chi connectivity index (χ1) is 6.95. The van der Waals surface area contributed by atoms with Gasteiger partial charge in [0.1, 0.15) is 6.33 Å². The Bertz CT molecular complexity index is 347. The minimum absolute atomic E-state index is 0.214. The predicted molar refractivity (Wildman–Crippen MR) is 50.5 cm³/mol. The van der Waals surface area contributed by atoms with Crippen LogP contribution in [-0.2, 0) is 17.8 Å². The number of hydrogen-bond acceptors (Lipinski definition) is 4. The van der Waals surface area contributed by atoms with Crippen LogP contribution in [-0.4, -0.2) is 16.6 Å². The summed E-state index contributed by atoms with van der Waals surface area (Å²) in [6.45, 7) is 2.64. The van der Waals surface area contributed by atoms with Crippen LogP contribution in [0.3, 0.4) is 0 Å². The highest BCUT2D eigenvalue weighted by Gasteiger charge is 2.25. The van der Waals surface area contributed by atoms with E-state index in [1.165, 1.54) is 5.56 Å². The first kappa shape index (κ1) is 8.32. The Morgan fingerprint density at radius 2 is 2.36 bits per heavy atom. The first-order valence-electron chi connectivity index (χ1n) is 5.10. The third kappa shape index (κ3) is 1.22. The molecule has 0 amide bonds. The Morgan fingerprint density at radius 3 is 3.21 bits per heavy atom. The molecule has 0 aromatic carbocycles. The molecule has 1 N–H and O–H groups in total. The highest BCUT2D eigenvalue weighted by atomic mass is 16.5. The molecule has 2 aliphatic rings. The molecule has 1 saturated heterocycles.